The first-order chi connectivity index (χ1) is 8.50. The van der Waals surface area contributed by atoms with Crippen LogP contribution in [0.5, 0.6) is 0 Å². The van der Waals surface area contributed by atoms with Crippen molar-refractivity contribution >= 4 is 24.0 Å². The first kappa shape index (κ1) is 19.4. The molecule has 1 rings (SSSR count). The molecule has 0 bridgehead atoms. The van der Waals surface area contributed by atoms with Crippen LogP contribution in [0, 0.1) is 11.2 Å². The average Bonchev–Trinajstić information content (AvgIpc) is 2.30. The maximum absolute atomic E-state index is 13.8. The molecule has 20 heavy (non-hydrogen) atoms. The maximum atomic E-state index is 13.8. The molecular formula is C12H15Cl2F4NO. The van der Waals surface area contributed by atoms with Gasteiger partial charge in [0.2, 0.25) is 0 Å². The van der Waals surface area contributed by atoms with Gasteiger partial charge in [-0.3, -0.25) is 0 Å². The van der Waals surface area contributed by atoms with Gasteiger partial charge in [-0.1, -0.05) is 25.4 Å². The van der Waals surface area contributed by atoms with E-state index >= 15 is 0 Å². The van der Waals surface area contributed by atoms with E-state index in [-0.39, 0.29) is 18.0 Å². The Hall–Kier alpha value is -0.560. The topological polar surface area (TPSA) is 46.2 Å². The number of benzene rings is 1. The normalized spacial score (nSPS) is 13.8. The van der Waals surface area contributed by atoms with Crippen molar-refractivity contribution in [2.75, 3.05) is 6.61 Å². The number of hydrogen-bond acceptors (Lipinski definition) is 2. The van der Waals surface area contributed by atoms with Crippen molar-refractivity contribution in [3.05, 3.63) is 34.1 Å². The summed E-state index contributed by atoms with van der Waals surface area (Å²) in [7, 11) is 0. The van der Waals surface area contributed by atoms with Crippen LogP contribution < -0.4 is 5.73 Å². The molecule has 0 saturated heterocycles. The Balaban J connectivity index is 0.00000361. The fourth-order valence-electron chi connectivity index (χ4n) is 1.52. The van der Waals surface area contributed by atoms with Crippen LogP contribution in [-0.2, 0) is 6.18 Å². The predicted molar refractivity (Wildman–Crippen MR) is 71.5 cm³/mol. The van der Waals surface area contributed by atoms with Gasteiger partial charge in [0.05, 0.1) is 10.6 Å². The molecule has 3 N–H and O–H groups in total. The summed E-state index contributed by atoms with van der Waals surface area (Å²) in [6.07, 6.45) is -4.64. The molecule has 2 nitrogen and oxygen atoms in total. The summed E-state index contributed by atoms with van der Waals surface area (Å²) in [5.41, 5.74) is 3.33. The van der Waals surface area contributed by atoms with Gasteiger partial charge in [-0.05, 0) is 12.1 Å². The van der Waals surface area contributed by atoms with Crippen molar-refractivity contribution < 1.29 is 22.7 Å². The van der Waals surface area contributed by atoms with Gasteiger partial charge in [-0.2, -0.15) is 13.2 Å². The van der Waals surface area contributed by atoms with Crippen LogP contribution in [0.4, 0.5) is 17.6 Å². The number of alkyl halides is 3. The van der Waals surface area contributed by atoms with Gasteiger partial charge in [-0.25, -0.2) is 4.39 Å². The van der Waals surface area contributed by atoms with Crippen LogP contribution in [0.15, 0.2) is 12.1 Å². The lowest BCUT2D eigenvalue weighted by atomic mass is 9.81. The van der Waals surface area contributed by atoms with Crippen molar-refractivity contribution in [2.24, 2.45) is 11.1 Å². The molecule has 0 unspecified atom stereocenters. The lowest BCUT2D eigenvalue weighted by Crippen LogP contribution is -2.33. The van der Waals surface area contributed by atoms with Crippen molar-refractivity contribution in [3.63, 3.8) is 0 Å². The number of halogens is 6. The van der Waals surface area contributed by atoms with Crippen LogP contribution in [0.25, 0.3) is 0 Å². The van der Waals surface area contributed by atoms with Crippen LogP contribution in [0.1, 0.15) is 31.0 Å². The molecular weight excluding hydrogens is 321 g/mol. The Labute approximate surface area is 125 Å². The Morgan fingerprint density at radius 1 is 1.30 bits per heavy atom. The van der Waals surface area contributed by atoms with E-state index < -0.39 is 40.6 Å². The van der Waals surface area contributed by atoms with Gasteiger partial charge in [0.1, 0.15) is 5.82 Å². The minimum atomic E-state index is -4.64. The molecule has 0 heterocycles. The molecule has 1 aromatic rings. The molecule has 0 aliphatic carbocycles. The molecule has 0 radical (unpaired) electrons. The summed E-state index contributed by atoms with van der Waals surface area (Å²) < 4.78 is 51.8. The Morgan fingerprint density at radius 3 is 2.20 bits per heavy atom. The van der Waals surface area contributed by atoms with Gasteiger partial charge < -0.3 is 10.8 Å². The highest BCUT2D eigenvalue weighted by Crippen LogP contribution is 2.38. The molecule has 0 spiro atoms. The van der Waals surface area contributed by atoms with Crippen LogP contribution in [-0.4, -0.2) is 11.7 Å². The zero-order chi connectivity index (χ0) is 15.0. The van der Waals surface area contributed by atoms with Gasteiger partial charge in [-0.15, -0.1) is 12.4 Å². The quantitative estimate of drug-likeness (QED) is 0.822. The van der Waals surface area contributed by atoms with Crippen LogP contribution in [0.3, 0.4) is 0 Å². The molecule has 116 valence electrons. The SMILES string of the molecule is CC(C)(CO)[C@@H](N)c1cc(C(F)(F)F)cc(Cl)c1F.Cl. The van der Waals surface area contributed by atoms with Gasteiger partial charge in [0, 0.05) is 23.6 Å². The summed E-state index contributed by atoms with van der Waals surface area (Å²) in [5.74, 6) is -0.997. The molecule has 0 saturated carbocycles. The summed E-state index contributed by atoms with van der Waals surface area (Å²) >= 11 is 5.47. The molecule has 0 fully saturated rings. The van der Waals surface area contributed by atoms with E-state index in [4.69, 9.17) is 22.4 Å². The summed E-state index contributed by atoms with van der Waals surface area (Å²) in [5, 5.41) is 8.51. The predicted octanol–water partition coefficient (Wildman–Crippen LogP) is 3.94. The Morgan fingerprint density at radius 2 is 1.80 bits per heavy atom. The van der Waals surface area contributed by atoms with Crippen molar-refractivity contribution in [1.82, 2.24) is 0 Å². The molecule has 0 aromatic heterocycles. The van der Waals surface area contributed by atoms with Crippen LogP contribution in [0.2, 0.25) is 5.02 Å². The van der Waals surface area contributed by atoms with E-state index in [1.807, 2.05) is 0 Å². The number of aliphatic hydroxyl groups is 1. The summed E-state index contributed by atoms with van der Waals surface area (Å²) in [6.45, 7) is 2.64. The van der Waals surface area contributed by atoms with Gasteiger partial charge in [0.25, 0.3) is 0 Å². The Bertz CT molecular complexity index is 477. The first-order valence-corrected chi connectivity index (χ1v) is 5.81. The largest absolute Gasteiger partial charge is 0.416 e. The Kier molecular flexibility index (Phi) is 6.29. The minimum Gasteiger partial charge on any atom is -0.396 e. The van der Waals surface area contributed by atoms with E-state index in [9.17, 15) is 17.6 Å². The van der Waals surface area contributed by atoms with E-state index in [2.05, 4.69) is 0 Å². The second-order valence-electron chi connectivity index (χ2n) is 4.98. The number of nitrogens with two attached hydrogens (primary N) is 1. The van der Waals surface area contributed by atoms with Gasteiger partial charge in [0.15, 0.2) is 0 Å². The third kappa shape index (κ3) is 3.97. The first-order valence-electron chi connectivity index (χ1n) is 5.43. The molecule has 0 aliphatic heterocycles. The molecule has 8 heteroatoms. The lowest BCUT2D eigenvalue weighted by Gasteiger charge is -2.30. The third-order valence-corrected chi connectivity index (χ3v) is 3.24. The summed E-state index contributed by atoms with van der Waals surface area (Å²) in [4.78, 5) is 0. The van der Waals surface area contributed by atoms with Crippen molar-refractivity contribution in [2.45, 2.75) is 26.1 Å². The molecule has 1 aromatic carbocycles. The van der Waals surface area contributed by atoms with Crippen molar-refractivity contribution in [1.29, 1.82) is 0 Å². The zero-order valence-electron chi connectivity index (χ0n) is 10.8. The summed E-state index contributed by atoms with van der Waals surface area (Å²) in [6, 6.07) is 0.0276. The van der Waals surface area contributed by atoms with Crippen LogP contribution >= 0.6 is 24.0 Å². The van der Waals surface area contributed by atoms with Crippen molar-refractivity contribution in [3.8, 4) is 0 Å². The highest BCUT2D eigenvalue weighted by molar-refractivity contribution is 6.30. The monoisotopic (exact) mass is 335 g/mol. The van der Waals surface area contributed by atoms with E-state index in [0.717, 1.165) is 0 Å². The third-order valence-electron chi connectivity index (χ3n) is 2.97. The van der Waals surface area contributed by atoms with Gasteiger partial charge >= 0.3 is 6.18 Å². The fraction of sp³-hybridized carbons (Fsp3) is 0.500. The average molecular weight is 336 g/mol. The number of aliphatic hydroxyl groups excluding tert-OH is 1. The molecule has 0 aliphatic rings. The van der Waals surface area contributed by atoms with E-state index in [1.54, 1.807) is 0 Å². The smallest absolute Gasteiger partial charge is 0.396 e. The number of rotatable bonds is 3. The van der Waals surface area contributed by atoms with E-state index in [0.29, 0.717) is 12.1 Å². The lowest BCUT2D eigenvalue weighted by molar-refractivity contribution is -0.137. The zero-order valence-corrected chi connectivity index (χ0v) is 12.3. The highest BCUT2D eigenvalue weighted by atomic mass is 35.5. The maximum Gasteiger partial charge on any atom is 0.416 e. The second kappa shape index (κ2) is 6.47. The van der Waals surface area contributed by atoms with E-state index in [1.165, 1.54) is 13.8 Å². The molecule has 1 atom stereocenters. The highest BCUT2D eigenvalue weighted by Gasteiger charge is 2.35. The fourth-order valence-corrected chi connectivity index (χ4v) is 1.75. The molecule has 0 amide bonds. The second-order valence-corrected chi connectivity index (χ2v) is 5.39. The minimum absolute atomic E-state index is 0. The number of hydrogen-bond donors (Lipinski definition) is 2. The standard InChI is InChI=1S/C12H14ClF4NO.ClH/c1-11(2,5-19)10(18)7-3-6(12(15,16)17)4-8(13)9(7)14;/h3-4,10,19H,5,18H2,1-2H3;1H/t10-;/m0./s1.